The maximum Gasteiger partial charge on any atom is 0.166 e. The Hall–Kier alpha value is -7.36. The van der Waals surface area contributed by atoms with Crippen LogP contribution in [0.2, 0.25) is 0 Å². The van der Waals surface area contributed by atoms with Gasteiger partial charge >= 0.3 is 0 Å². The lowest BCUT2D eigenvalue weighted by Gasteiger charge is -2.16. The molecule has 3 aromatic heterocycles. The van der Waals surface area contributed by atoms with Gasteiger partial charge in [-0.15, -0.1) is 0 Å². The van der Waals surface area contributed by atoms with Crippen LogP contribution in [0.25, 0.3) is 89.2 Å². The molecule has 0 atom stereocenters. The van der Waals surface area contributed by atoms with E-state index in [0.29, 0.717) is 0 Å². The number of hydrogen-bond acceptors (Lipinski definition) is 4. The van der Waals surface area contributed by atoms with Gasteiger partial charge in [-0.1, -0.05) is 109 Å². The Morgan fingerprint density at radius 2 is 0.904 bits per heavy atom. The molecule has 0 radical (unpaired) electrons. The second-order valence-electron chi connectivity index (χ2n) is 11.3. The smallest absolute Gasteiger partial charge is 0.166 e. The lowest BCUT2D eigenvalue weighted by Crippen LogP contribution is -2.05. The molecule has 0 amide bonds. The van der Waals surface area contributed by atoms with Crippen LogP contribution < -0.4 is 0 Å². The SMILES string of the molecule is [2H]c1c([2H])c([2H])c(-c2nc(-c3ccccc3-n3c4c([2H])c([2H])c([2H])c([2H])c4c4c([2H])c([2H])c([2H])c([2H])c43)nc(-c3ccccc3-n3c4c([2H])c([2H])c([2H])c([2H])c4c4c([2H])c(C#N)c([2H])c([2H])c43)n2)c([2H])c1[2H]. The first-order valence-electron chi connectivity index (χ1n) is 25.6. The van der Waals surface area contributed by atoms with Crippen LogP contribution in [0.3, 0.4) is 0 Å². The lowest BCUT2D eigenvalue weighted by molar-refractivity contribution is 1.06. The highest BCUT2D eigenvalue weighted by Crippen LogP contribution is 2.38. The molecule has 0 saturated heterocycles. The van der Waals surface area contributed by atoms with Crippen molar-refractivity contribution in [3.05, 3.63) is 175 Å². The lowest BCUT2D eigenvalue weighted by atomic mass is 10.1. The fourth-order valence-electron chi connectivity index (χ4n) is 6.28. The molecule has 6 nitrogen and oxygen atoms in total. The van der Waals surface area contributed by atoms with E-state index in [1.807, 2.05) is 0 Å². The van der Waals surface area contributed by atoms with Crippen LogP contribution in [0.5, 0.6) is 0 Å². The summed E-state index contributed by atoms with van der Waals surface area (Å²) in [5.41, 5.74) is -2.08. The number of aromatic nitrogens is 5. The van der Waals surface area contributed by atoms with E-state index in [4.69, 9.17) is 31.0 Å². The number of para-hydroxylation sites is 5. The summed E-state index contributed by atoms with van der Waals surface area (Å²) in [7, 11) is 0. The van der Waals surface area contributed by atoms with Gasteiger partial charge < -0.3 is 9.13 Å². The maximum atomic E-state index is 10.0. The van der Waals surface area contributed by atoms with E-state index in [0.717, 1.165) is 0 Å². The zero-order chi connectivity index (χ0) is 52.0. The second kappa shape index (κ2) is 11.9. The molecule has 3 heterocycles. The standard InChI is InChI=1S/C46H28N6/c47-29-30-26-27-43-37(28-30)34-18-6-11-23-40(34)52(43)42-25-13-8-20-36(42)46-49-44(31-14-2-1-3-15-31)48-45(50-46)35-19-7-12-24-41(35)51-38-21-9-4-16-32(38)33-17-5-10-22-39(33)51/h1-28H/i1D,2D,3D,4D,5D,6D,9D,10D,11D,14D,15D,16D,17D,18D,21D,22D,23D,26D,27D,28D. The predicted molar refractivity (Wildman–Crippen MR) is 210 cm³/mol. The van der Waals surface area contributed by atoms with E-state index in [1.54, 1.807) is 6.07 Å². The van der Waals surface area contributed by atoms with Gasteiger partial charge in [0, 0.05) is 38.2 Å². The zero-order valence-corrected chi connectivity index (χ0v) is 26.3. The molecule has 0 saturated carbocycles. The third-order valence-electron chi connectivity index (χ3n) is 8.43. The van der Waals surface area contributed by atoms with Gasteiger partial charge in [-0.3, -0.25) is 0 Å². The predicted octanol–water partition coefficient (Wildman–Crippen LogP) is 10.9. The zero-order valence-electron chi connectivity index (χ0n) is 46.3. The molecule has 0 spiro atoms. The Kier molecular flexibility index (Phi) is 3.59. The molecular formula is C46H28N6. The third-order valence-corrected chi connectivity index (χ3v) is 8.43. The fourth-order valence-corrected chi connectivity index (χ4v) is 6.28. The molecule has 0 N–H and O–H groups in total. The normalized spacial score (nSPS) is 16.8. The minimum atomic E-state index is -0.750. The van der Waals surface area contributed by atoms with Crippen LogP contribution in [0.4, 0.5) is 0 Å². The van der Waals surface area contributed by atoms with Gasteiger partial charge in [0.25, 0.3) is 0 Å². The second-order valence-corrected chi connectivity index (χ2v) is 11.3. The van der Waals surface area contributed by atoms with Crippen LogP contribution in [-0.2, 0) is 0 Å². The van der Waals surface area contributed by atoms with Crippen molar-refractivity contribution in [1.82, 2.24) is 24.1 Å². The summed E-state index contributed by atoms with van der Waals surface area (Å²) in [5, 5.41) is 9.08. The highest BCUT2D eigenvalue weighted by Gasteiger charge is 2.21. The van der Waals surface area contributed by atoms with Crippen LogP contribution in [0.1, 0.15) is 33.0 Å². The van der Waals surface area contributed by atoms with Gasteiger partial charge in [0.05, 0.1) is 72.5 Å². The van der Waals surface area contributed by atoms with Crippen molar-refractivity contribution < 1.29 is 27.4 Å². The largest absolute Gasteiger partial charge is 0.309 e. The molecule has 0 bridgehead atoms. The molecule has 6 heteroatoms. The van der Waals surface area contributed by atoms with Gasteiger partial charge in [0.1, 0.15) is 0 Å². The summed E-state index contributed by atoms with van der Waals surface area (Å²) in [6.07, 6.45) is 0. The summed E-state index contributed by atoms with van der Waals surface area (Å²) < 4.78 is 179. The molecular weight excluding hydrogens is 637 g/mol. The minimum absolute atomic E-state index is 0.00739. The van der Waals surface area contributed by atoms with E-state index in [1.165, 1.54) is 57.7 Å². The molecule has 10 rings (SSSR count). The summed E-state index contributed by atoms with van der Waals surface area (Å²) in [6, 6.07) is 0.474. The highest BCUT2D eigenvalue weighted by atomic mass is 15.1. The quantitative estimate of drug-likeness (QED) is 0.181. The first-order valence-corrected chi connectivity index (χ1v) is 15.6. The van der Waals surface area contributed by atoms with E-state index in [-0.39, 0.29) is 77.8 Å². The summed E-state index contributed by atoms with van der Waals surface area (Å²) in [6.45, 7) is 0. The summed E-state index contributed by atoms with van der Waals surface area (Å²) >= 11 is 0. The average Bonchev–Trinajstić information content (AvgIpc) is 3.93. The van der Waals surface area contributed by atoms with Crippen LogP contribution in [0.15, 0.2) is 169 Å². The van der Waals surface area contributed by atoms with Crippen LogP contribution in [0, 0.1) is 11.3 Å². The number of hydrogen-bond donors (Lipinski definition) is 0. The Labute approximate surface area is 327 Å². The van der Waals surface area contributed by atoms with Crippen molar-refractivity contribution in [1.29, 1.82) is 5.26 Å². The maximum absolute atomic E-state index is 10.0. The molecule has 52 heavy (non-hydrogen) atoms. The van der Waals surface area contributed by atoms with Crippen LogP contribution >= 0.6 is 0 Å². The van der Waals surface area contributed by atoms with Crippen molar-refractivity contribution in [3.63, 3.8) is 0 Å². The summed E-state index contributed by atoms with van der Waals surface area (Å²) in [4.78, 5) is 14.2. The topological polar surface area (TPSA) is 72.3 Å². The van der Waals surface area contributed by atoms with Crippen molar-refractivity contribution >= 4 is 43.6 Å². The first-order chi connectivity index (χ1) is 34.1. The van der Waals surface area contributed by atoms with Gasteiger partial charge in [0.2, 0.25) is 0 Å². The average molecular weight is 685 g/mol. The van der Waals surface area contributed by atoms with E-state index in [2.05, 4.69) is 9.97 Å². The molecule has 0 aliphatic heterocycles. The number of rotatable bonds is 5. The van der Waals surface area contributed by atoms with E-state index < -0.39 is 138 Å². The number of nitriles is 1. The Morgan fingerprint density at radius 1 is 0.462 bits per heavy atom. The number of benzene rings is 7. The van der Waals surface area contributed by atoms with Gasteiger partial charge in [-0.05, 0) is 60.5 Å². The summed E-state index contributed by atoms with van der Waals surface area (Å²) in [5.74, 6) is -1.16. The van der Waals surface area contributed by atoms with Crippen molar-refractivity contribution in [2.75, 3.05) is 0 Å². The molecule has 0 aliphatic rings. The van der Waals surface area contributed by atoms with Crippen LogP contribution in [-0.4, -0.2) is 24.1 Å². The van der Waals surface area contributed by atoms with E-state index in [9.17, 15) is 6.63 Å². The molecule has 10 aromatic rings. The van der Waals surface area contributed by atoms with E-state index >= 15 is 0 Å². The molecule has 0 unspecified atom stereocenters. The van der Waals surface area contributed by atoms with Gasteiger partial charge in [-0.25, -0.2) is 15.0 Å². The Balaban J connectivity index is 1.38. The molecule has 0 fully saturated rings. The fraction of sp³-hybridized carbons (Fsp3) is 0. The van der Waals surface area contributed by atoms with Crippen molar-refractivity contribution in [2.45, 2.75) is 0 Å². The Morgan fingerprint density at radius 3 is 1.44 bits per heavy atom. The molecule has 242 valence electrons. The highest BCUT2D eigenvalue weighted by molar-refractivity contribution is 6.11. The van der Waals surface area contributed by atoms with Crippen molar-refractivity contribution in [3.8, 4) is 51.6 Å². The monoisotopic (exact) mass is 684 g/mol. The molecule has 0 aliphatic carbocycles. The van der Waals surface area contributed by atoms with Gasteiger partial charge in [-0.2, -0.15) is 5.26 Å². The molecule has 7 aromatic carbocycles. The van der Waals surface area contributed by atoms with Crippen molar-refractivity contribution in [2.24, 2.45) is 0 Å². The third kappa shape index (κ3) is 4.61. The Bertz CT molecular complexity index is 4090. The minimum Gasteiger partial charge on any atom is -0.309 e. The number of fused-ring (bicyclic) bond motifs is 6. The number of nitrogens with zero attached hydrogens (tertiary/aromatic N) is 6. The van der Waals surface area contributed by atoms with Gasteiger partial charge in [0.15, 0.2) is 17.5 Å². The first kappa shape index (κ1) is 15.7.